The number of carbonyl (C=O) groups is 1. The second-order valence-corrected chi connectivity index (χ2v) is 8.16. The van der Waals surface area contributed by atoms with Gasteiger partial charge in [0.2, 0.25) is 5.96 Å². The third-order valence-electron chi connectivity index (χ3n) is 5.51. The Morgan fingerprint density at radius 3 is 2.45 bits per heavy atom. The number of guanidine groups is 1. The summed E-state index contributed by atoms with van der Waals surface area (Å²) in [4.78, 5) is 15.2. The SMILES string of the molecule is CC(=O)[C@@H](N)CCCNC(=N)/N=C/c1c(O)c(O)c(C(C)C)c2cc(C)c(C)c(O)c12. The summed E-state index contributed by atoms with van der Waals surface area (Å²) in [6, 6.07) is 1.36. The van der Waals surface area contributed by atoms with Crippen LogP contribution >= 0.6 is 0 Å². The van der Waals surface area contributed by atoms with Gasteiger partial charge in [-0.3, -0.25) is 10.2 Å². The van der Waals surface area contributed by atoms with Gasteiger partial charge in [0.15, 0.2) is 11.5 Å². The number of nitrogens with zero attached hydrogens (tertiary/aromatic N) is 1. The number of aliphatic imine (C=N–C) groups is 1. The molecule has 0 aromatic heterocycles. The van der Waals surface area contributed by atoms with E-state index in [0.717, 1.165) is 5.56 Å². The van der Waals surface area contributed by atoms with Crippen LogP contribution in [0, 0.1) is 19.3 Å². The van der Waals surface area contributed by atoms with Crippen LogP contribution in [0.2, 0.25) is 0 Å². The first kappa shape index (κ1) is 24.1. The molecule has 31 heavy (non-hydrogen) atoms. The van der Waals surface area contributed by atoms with Crippen molar-refractivity contribution in [1.29, 1.82) is 5.41 Å². The highest BCUT2D eigenvalue weighted by Crippen LogP contribution is 2.47. The normalized spacial score (nSPS) is 12.6. The monoisotopic (exact) mass is 428 g/mol. The largest absolute Gasteiger partial charge is 0.507 e. The molecular weight excluding hydrogens is 396 g/mol. The van der Waals surface area contributed by atoms with Gasteiger partial charge in [0, 0.05) is 23.7 Å². The zero-order valence-corrected chi connectivity index (χ0v) is 18.7. The van der Waals surface area contributed by atoms with Gasteiger partial charge < -0.3 is 26.4 Å². The van der Waals surface area contributed by atoms with Gasteiger partial charge in [-0.25, -0.2) is 4.99 Å². The Morgan fingerprint density at radius 1 is 1.23 bits per heavy atom. The van der Waals surface area contributed by atoms with Crippen LogP contribution < -0.4 is 11.1 Å². The van der Waals surface area contributed by atoms with Crippen LogP contribution in [-0.4, -0.2) is 45.9 Å². The summed E-state index contributed by atoms with van der Waals surface area (Å²) < 4.78 is 0. The average Bonchev–Trinajstić information content (AvgIpc) is 2.69. The Bertz CT molecular complexity index is 1040. The lowest BCUT2D eigenvalue weighted by atomic mass is 9.88. The van der Waals surface area contributed by atoms with E-state index in [1.807, 2.05) is 26.8 Å². The molecule has 0 aliphatic rings. The van der Waals surface area contributed by atoms with Gasteiger partial charge in [0.05, 0.1) is 11.6 Å². The minimum absolute atomic E-state index is 0.00589. The maximum Gasteiger partial charge on any atom is 0.215 e. The maximum absolute atomic E-state index is 11.2. The Balaban J connectivity index is 2.38. The molecule has 0 saturated carbocycles. The third-order valence-corrected chi connectivity index (χ3v) is 5.51. The van der Waals surface area contributed by atoms with E-state index >= 15 is 0 Å². The quantitative estimate of drug-likeness (QED) is 0.172. The van der Waals surface area contributed by atoms with E-state index in [4.69, 9.17) is 11.1 Å². The highest BCUT2D eigenvalue weighted by molar-refractivity contribution is 6.10. The van der Waals surface area contributed by atoms with Crippen molar-refractivity contribution < 1.29 is 20.1 Å². The number of phenols is 3. The van der Waals surface area contributed by atoms with Crippen LogP contribution in [0.25, 0.3) is 10.8 Å². The predicted molar refractivity (Wildman–Crippen MR) is 124 cm³/mol. The number of carbonyl (C=O) groups excluding carboxylic acids is 1. The molecule has 2 rings (SSSR count). The molecule has 7 N–H and O–H groups in total. The van der Waals surface area contributed by atoms with Crippen molar-refractivity contribution >= 4 is 28.7 Å². The van der Waals surface area contributed by atoms with E-state index in [1.165, 1.54) is 13.1 Å². The van der Waals surface area contributed by atoms with Crippen LogP contribution in [0.4, 0.5) is 0 Å². The molecule has 0 heterocycles. The molecule has 0 aliphatic carbocycles. The molecule has 8 heteroatoms. The average molecular weight is 429 g/mol. The van der Waals surface area contributed by atoms with Crippen LogP contribution in [0.1, 0.15) is 61.8 Å². The minimum Gasteiger partial charge on any atom is -0.507 e. The number of aromatic hydroxyl groups is 3. The van der Waals surface area contributed by atoms with Crippen molar-refractivity contribution in [2.24, 2.45) is 10.7 Å². The number of fused-ring (bicyclic) bond motifs is 1. The van der Waals surface area contributed by atoms with E-state index < -0.39 is 11.8 Å². The van der Waals surface area contributed by atoms with Gasteiger partial charge in [-0.2, -0.15) is 0 Å². The van der Waals surface area contributed by atoms with E-state index in [2.05, 4.69) is 10.3 Å². The molecule has 0 amide bonds. The highest BCUT2D eigenvalue weighted by atomic mass is 16.3. The summed E-state index contributed by atoms with van der Waals surface area (Å²) >= 11 is 0. The third kappa shape index (κ3) is 5.14. The smallest absolute Gasteiger partial charge is 0.215 e. The number of benzene rings is 2. The summed E-state index contributed by atoms with van der Waals surface area (Å²) in [5, 5.41) is 43.9. The van der Waals surface area contributed by atoms with E-state index in [-0.39, 0.29) is 34.7 Å². The molecule has 0 saturated heterocycles. The number of hydrogen-bond donors (Lipinski definition) is 6. The van der Waals surface area contributed by atoms with Crippen molar-refractivity contribution in [2.45, 2.75) is 59.4 Å². The number of phenolic OH excluding ortho intramolecular Hbond substituents is 3. The lowest BCUT2D eigenvalue weighted by Gasteiger charge is -2.19. The molecule has 0 unspecified atom stereocenters. The lowest BCUT2D eigenvalue weighted by molar-refractivity contribution is -0.118. The van der Waals surface area contributed by atoms with Crippen molar-refractivity contribution in [3.8, 4) is 17.2 Å². The van der Waals surface area contributed by atoms with Crippen molar-refractivity contribution in [3.05, 3.63) is 28.3 Å². The van der Waals surface area contributed by atoms with Gasteiger partial charge >= 0.3 is 0 Å². The minimum atomic E-state index is -0.514. The molecule has 0 spiro atoms. The molecule has 0 bridgehead atoms. The summed E-state index contributed by atoms with van der Waals surface area (Å²) in [7, 11) is 0. The van der Waals surface area contributed by atoms with Crippen molar-refractivity contribution in [1.82, 2.24) is 5.32 Å². The van der Waals surface area contributed by atoms with Gasteiger partial charge in [-0.1, -0.05) is 19.9 Å². The summed E-state index contributed by atoms with van der Waals surface area (Å²) in [6.07, 6.45) is 2.35. The number of Topliss-reactive ketones (excluding diaryl/α,β-unsaturated/α-hetero) is 1. The topological polar surface area (TPSA) is 152 Å². The maximum atomic E-state index is 11.2. The zero-order chi connectivity index (χ0) is 23.5. The van der Waals surface area contributed by atoms with E-state index in [1.54, 1.807) is 6.92 Å². The molecule has 0 aliphatic heterocycles. The number of hydrogen-bond acceptors (Lipinski definition) is 6. The predicted octanol–water partition coefficient (Wildman–Crippen LogP) is 3.34. The summed E-state index contributed by atoms with van der Waals surface area (Å²) in [5.74, 6) is -0.971. The Hall–Kier alpha value is -3.13. The van der Waals surface area contributed by atoms with Crippen LogP contribution in [0.3, 0.4) is 0 Å². The van der Waals surface area contributed by atoms with E-state index in [9.17, 15) is 20.1 Å². The van der Waals surface area contributed by atoms with Crippen molar-refractivity contribution in [3.63, 3.8) is 0 Å². The molecular formula is C23H32N4O4. The second-order valence-electron chi connectivity index (χ2n) is 8.16. The molecule has 2 aromatic carbocycles. The first-order valence-corrected chi connectivity index (χ1v) is 10.3. The van der Waals surface area contributed by atoms with Crippen LogP contribution in [-0.2, 0) is 4.79 Å². The fraction of sp³-hybridized carbons (Fsp3) is 0.435. The van der Waals surface area contributed by atoms with Gasteiger partial charge in [-0.15, -0.1) is 0 Å². The lowest BCUT2D eigenvalue weighted by Crippen LogP contribution is -2.30. The van der Waals surface area contributed by atoms with Gasteiger partial charge in [-0.05, 0) is 56.0 Å². The molecule has 2 aromatic rings. The van der Waals surface area contributed by atoms with Crippen molar-refractivity contribution in [2.75, 3.05) is 6.54 Å². The standard InChI is InChI=1S/C23H32N4O4/c1-11(2)18-15-9-12(3)13(4)20(29)19(15)16(21(30)22(18)31)10-27-23(25)26-8-6-7-17(24)14(5)28/h9-11,17,29-31H,6-8,24H2,1-5H3,(H2,25,26)/b27-10+/t17-/m0/s1. The summed E-state index contributed by atoms with van der Waals surface area (Å²) in [6.45, 7) is 9.29. The Kier molecular flexibility index (Phi) is 7.62. The number of nitrogens with one attached hydrogen (secondary N) is 2. The van der Waals surface area contributed by atoms with Gasteiger partial charge in [0.25, 0.3) is 0 Å². The molecule has 0 radical (unpaired) electrons. The van der Waals surface area contributed by atoms with E-state index in [0.29, 0.717) is 41.3 Å². The number of aryl methyl sites for hydroxylation is 1. The fourth-order valence-corrected chi connectivity index (χ4v) is 3.50. The highest BCUT2D eigenvalue weighted by Gasteiger charge is 2.23. The van der Waals surface area contributed by atoms with Gasteiger partial charge in [0.1, 0.15) is 11.5 Å². The van der Waals surface area contributed by atoms with Crippen LogP contribution in [0.5, 0.6) is 17.2 Å². The van der Waals surface area contributed by atoms with Crippen LogP contribution in [0.15, 0.2) is 11.1 Å². The summed E-state index contributed by atoms with van der Waals surface area (Å²) in [5.41, 5.74) is 7.89. The first-order valence-electron chi connectivity index (χ1n) is 10.3. The number of ketones is 1. The molecule has 168 valence electrons. The molecule has 0 fully saturated rings. The Morgan fingerprint density at radius 2 is 1.87 bits per heavy atom. The number of nitrogens with two attached hydrogens (primary N) is 1. The zero-order valence-electron chi connectivity index (χ0n) is 18.7. The fourth-order valence-electron chi connectivity index (χ4n) is 3.50. The second kappa shape index (κ2) is 9.78. The molecule has 1 atom stereocenters. The Labute approximate surface area is 182 Å². The molecule has 8 nitrogen and oxygen atoms in total. The number of rotatable bonds is 7. The first-order chi connectivity index (χ1) is 14.5.